The van der Waals surface area contributed by atoms with Gasteiger partial charge in [0.15, 0.2) is 11.8 Å². The quantitative estimate of drug-likeness (QED) is 0.583. The molecule has 0 radical (unpaired) electrons. The van der Waals surface area contributed by atoms with Crippen molar-refractivity contribution in [3.05, 3.63) is 65.0 Å². The molecule has 0 bridgehead atoms. The Kier molecular flexibility index (Phi) is 7.02. The Labute approximate surface area is 163 Å². The lowest BCUT2D eigenvalue weighted by molar-refractivity contribution is -0.135. The molecule has 0 spiro atoms. The maximum atomic E-state index is 12.6. The SMILES string of the molecule is CNC(=O)C(C(=O)CO)N(C)C(=O)c1ccc(C#Cc2ccnc(C)c2)cc1. The minimum absolute atomic E-state index is 0.299. The average Bonchev–Trinajstić information content (AvgIpc) is 2.71. The summed E-state index contributed by atoms with van der Waals surface area (Å²) >= 11 is 0. The van der Waals surface area contributed by atoms with Gasteiger partial charge in [-0.15, -0.1) is 0 Å². The van der Waals surface area contributed by atoms with E-state index in [1.807, 2.05) is 19.1 Å². The summed E-state index contributed by atoms with van der Waals surface area (Å²) in [5.74, 6) is 4.10. The molecule has 0 aliphatic rings. The molecule has 7 nitrogen and oxygen atoms in total. The number of Topliss-reactive ketones (excluding diaryl/α,β-unsaturated/α-hetero) is 1. The minimum atomic E-state index is -1.39. The first-order chi connectivity index (χ1) is 13.4. The van der Waals surface area contributed by atoms with Crippen molar-refractivity contribution in [1.29, 1.82) is 0 Å². The smallest absolute Gasteiger partial charge is 0.254 e. The number of benzene rings is 1. The largest absolute Gasteiger partial charge is 0.388 e. The number of amides is 2. The second-order valence-corrected chi connectivity index (χ2v) is 6.07. The van der Waals surface area contributed by atoms with E-state index in [1.54, 1.807) is 30.5 Å². The maximum Gasteiger partial charge on any atom is 0.254 e. The maximum absolute atomic E-state index is 12.6. The second-order valence-electron chi connectivity index (χ2n) is 6.07. The van der Waals surface area contributed by atoms with Crippen molar-refractivity contribution < 1.29 is 19.5 Å². The van der Waals surface area contributed by atoms with E-state index in [1.165, 1.54) is 14.1 Å². The molecular weight excluding hydrogens is 358 g/mol. The average molecular weight is 379 g/mol. The standard InChI is InChI=1S/C21H21N3O4/c1-14-12-16(10-11-23-14)5-4-15-6-8-17(9-7-15)21(28)24(3)19(18(26)13-25)20(27)22-2/h6-12,19,25H,13H2,1-3H3,(H,22,27). The zero-order valence-electron chi connectivity index (χ0n) is 15.9. The highest BCUT2D eigenvalue weighted by molar-refractivity contribution is 6.10. The molecule has 1 atom stereocenters. The molecule has 1 unspecified atom stereocenters. The summed E-state index contributed by atoms with van der Waals surface area (Å²) in [6.45, 7) is 1.05. The summed E-state index contributed by atoms with van der Waals surface area (Å²) in [6, 6.07) is 8.81. The third-order valence-corrected chi connectivity index (χ3v) is 4.04. The molecule has 0 saturated carbocycles. The number of hydrogen-bond acceptors (Lipinski definition) is 5. The fraction of sp³-hybridized carbons (Fsp3) is 0.238. The van der Waals surface area contributed by atoms with Crippen LogP contribution in [-0.4, -0.2) is 59.3 Å². The lowest BCUT2D eigenvalue weighted by atomic mass is 10.1. The van der Waals surface area contributed by atoms with Gasteiger partial charge in [0.1, 0.15) is 6.61 Å². The summed E-state index contributed by atoms with van der Waals surface area (Å²) in [6.07, 6.45) is 1.69. The van der Waals surface area contributed by atoms with Crippen molar-refractivity contribution in [2.45, 2.75) is 13.0 Å². The van der Waals surface area contributed by atoms with Crippen LogP contribution in [0.1, 0.15) is 27.2 Å². The molecule has 0 fully saturated rings. The van der Waals surface area contributed by atoms with E-state index < -0.39 is 30.2 Å². The van der Waals surface area contributed by atoms with Gasteiger partial charge in [-0.05, 0) is 43.3 Å². The highest BCUT2D eigenvalue weighted by Gasteiger charge is 2.32. The summed E-state index contributed by atoms with van der Waals surface area (Å²) in [5, 5.41) is 11.4. The van der Waals surface area contributed by atoms with Gasteiger partial charge >= 0.3 is 0 Å². The number of pyridine rings is 1. The third kappa shape index (κ3) is 5.02. The van der Waals surface area contributed by atoms with E-state index in [4.69, 9.17) is 5.11 Å². The summed E-state index contributed by atoms with van der Waals surface area (Å²) in [7, 11) is 2.70. The number of carbonyl (C=O) groups is 3. The predicted octanol–water partition coefficient (Wildman–Crippen LogP) is 0.538. The highest BCUT2D eigenvalue weighted by Crippen LogP contribution is 2.10. The molecule has 0 aliphatic heterocycles. The first-order valence-corrected chi connectivity index (χ1v) is 8.54. The highest BCUT2D eigenvalue weighted by atomic mass is 16.3. The number of ketones is 1. The molecule has 1 aromatic heterocycles. The van der Waals surface area contributed by atoms with Crippen LogP contribution in [-0.2, 0) is 9.59 Å². The molecule has 1 heterocycles. The van der Waals surface area contributed by atoms with Gasteiger partial charge in [0.2, 0.25) is 5.91 Å². The molecule has 2 rings (SSSR count). The molecular formula is C21H21N3O4. The van der Waals surface area contributed by atoms with Crippen LogP contribution >= 0.6 is 0 Å². The second kappa shape index (κ2) is 9.44. The minimum Gasteiger partial charge on any atom is -0.388 e. The monoisotopic (exact) mass is 379 g/mol. The molecule has 7 heteroatoms. The number of nitrogens with zero attached hydrogens (tertiary/aromatic N) is 2. The Morgan fingerprint density at radius 3 is 2.36 bits per heavy atom. The third-order valence-electron chi connectivity index (χ3n) is 4.04. The van der Waals surface area contributed by atoms with E-state index in [0.29, 0.717) is 11.1 Å². The van der Waals surface area contributed by atoms with Gasteiger partial charge < -0.3 is 15.3 Å². The van der Waals surface area contributed by atoms with Gasteiger partial charge in [-0.3, -0.25) is 19.4 Å². The molecule has 2 N–H and O–H groups in total. The van der Waals surface area contributed by atoms with Crippen molar-refractivity contribution in [2.24, 2.45) is 0 Å². The number of aromatic nitrogens is 1. The van der Waals surface area contributed by atoms with Crippen molar-refractivity contribution in [3.63, 3.8) is 0 Å². The van der Waals surface area contributed by atoms with Crippen LogP contribution in [0.3, 0.4) is 0 Å². The molecule has 2 aromatic rings. The van der Waals surface area contributed by atoms with Crippen LogP contribution in [0.4, 0.5) is 0 Å². The van der Waals surface area contributed by atoms with E-state index >= 15 is 0 Å². The predicted molar refractivity (Wildman–Crippen MR) is 103 cm³/mol. The zero-order chi connectivity index (χ0) is 20.7. The molecule has 2 amide bonds. The van der Waals surface area contributed by atoms with Gasteiger partial charge in [-0.25, -0.2) is 0 Å². The summed E-state index contributed by atoms with van der Waals surface area (Å²) in [4.78, 5) is 41.5. The molecule has 1 aromatic carbocycles. The van der Waals surface area contributed by atoms with Crippen molar-refractivity contribution in [2.75, 3.05) is 20.7 Å². The van der Waals surface area contributed by atoms with Crippen LogP contribution in [0.2, 0.25) is 0 Å². The topological polar surface area (TPSA) is 99.6 Å². The van der Waals surface area contributed by atoms with Crippen molar-refractivity contribution >= 4 is 17.6 Å². The van der Waals surface area contributed by atoms with Crippen molar-refractivity contribution in [1.82, 2.24) is 15.2 Å². The Morgan fingerprint density at radius 1 is 1.14 bits per heavy atom. The number of aliphatic hydroxyl groups excluding tert-OH is 1. The van der Waals surface area contributed by atoms with Crippen LogP contribution in [0.25, 0.3) is 0 Å². The van der Waals surface area contributed by atoms with Gasteiger partial charge in [0.05, 0.1) is 0 Å². The van der Waals surface area contributed by atoms with Gasteiger partial charge in [0, 0.05) is 42.7 Å². The van der Waals surface area contributed by atoms with E-state index in [-0.39, 0.29) is 0 Å². The number of aryl methyl sites for hydroxylation is 1. The Morgan fingerprint density at radius 2 is 1.79 bits per heavy atom. The van der Waals surface area contributed by atoms with Crippen LogP contribution in [0.15, 0.2) is 42.6 Å². The number of rotatable bonds is 5. The van der Waals surface area contributed by atoms with Gasteiger partial charge in [-0.1, -0.05) is 11.8 Å². The van der Waals surface area contributed by atoms with Gasteiger partial charge in [0.25, 0.3) is 5.91 Å². The summed E-state index contributed by atoms with van der Waals surface area (Å²) < 4.78 is 0. The fourth-order valence-electron chi connectivity index (χ4n) is 2.55. The van der Waals surface area contributed by atoms with Crippen LogP contribution in [0, 0.1) is 18.8 Å². The molecule has 0 saturated heterocycles. The summed E-state index contributed by atoms with van der Waals surface area (Å²) in [5.41, 5.74) is 2.72. The number of carbonyl (C=O) groups excluding carboxylic acids is 3. The normalized spacial score (nSPS) is 11.0. The first kappa shape index (κ1) is 20.8. The fourth-order valence-corrected chi connectivity index (χ4v) is 2.55. The molecule has 0 aliphatic carbocycles. The zero-order valence-corrected chi connectivity index (χ0v) is 15.9. The number of aliphatic hydroxyl groups is 1. The van der Waals surface area contributed by atoms with E-state index in [2.05, 4.69) is 22.1 Å². The van der Waals surface area contributed by atoms with E-state index in [0.717, 1.165) is 16.2 Å². The lowest BCUT2D eigenvalue weighted by Gasteiger charge is -2.25. The molecule has 28 heavy (non-hydrogen) atoms. The Bertz CT molecular complexity index is 926. The lowest BCUT2D eigenvalue weighted by Crippen LogP contribution is -2.52. The number of likely N-dealkylation sites (N-methyl/N-ethyl adjacent to an activating group) is 2. The number of nitrogens with one attached hydrogen (secondary N) is 1. The van der Waals surface area contributed by atoms with E-state index in [9.17, 15) is 14.4 Å². The Balaban J connectivity index is 2.19. The number of hydrogen-bond donors (Lipinski definition) is 2. The van der Waals surface area contributed by atoms with Crippen molar-refractivity contribution in [3.8, 4) is 11.8 Å². The molecule has 144 valence electrons. The van der Waals surface area contributed by atoms with Crippen LogP contribution < -0.4 is 5.32 Å². The Hall–Kier alpha value is -3.50. The van der Waals surface area contributed by atoms with Gasteiger partial charge in [-0.2, -0.15) is 0 Å². The first-order valence-electron chi connectivity index (χ1n) is 8.54. The van der Waals surface area contributed by atoms with Crippen LogP contribution in [0.5, 0.6) is 0 Å².